The van der Waals surface area contributed by atoms with E-state index in [4.69, 9.17) is 21.1 Å². The van der Waals surface area contributed by atoms with Crippen LogP contribution in [0.3, 0.4) is 0 Å². The van der Waals surface area contributed by atoms with Crippen molar-refractivity contribution < 1.29 is 14.3 Å². The number of hydrogen-bond acceptors (Lipinski definition) is 4. The van der Waals surface area contributed by atoms with Crippen LogP contribution in [0.25, 0.3) is 0 Å². The largest absolute Gasteiger partial charge is 0.497 e. The van der Waals surface area contributed by atoms with Crippen molar-refractivity contribution >= 4 is 17.5 Å². The second kappa shape index (κ2) is 8.85. The topological polar surface area (TPSA) is 50.8 Å². The molecule has 3 fully saturated rings. The number of nitrogens with one attached hydrogen (secondary N) is 1. The molecule has 4 atom stereocenters. The Morgan fingerprint density at radius 2 is 2.03 bits per heavy atom. The molecule has 2 bridgehead atoms. The number of carbonyl (C=O) groups excluding carboxylic acids is 1. The van der Waals surface area contributed by atoms with E-state index in [0.717, 1.165) is 43.9 Å². The number of methoxy groups -OCH3 is 1. The van der Waals surface area contributed by atoms with Crippen LogP contribution in [0.15, 0.2) is 42.5 Å². The number of likely N-dealkylation sites (tertiary alicyclic amines) is 1. The van der Waals surface area contributed by atoms with Gasteiger partial charge >= 0.3 is 0 Å². The minimum Gasteiger partial charge on any atom is -0.497 e. The van der Waals surface area contributed by atoms with Crippen LogP contribution in [0.5, 0.6) is 5.75 Å². The first-order valence-corrected chi connectivity index (χ1v) is 13.0. The van der Waals surface area contributed by atoms with Crippen LogP contribution in [-0.2, 0) is 16.6 Å². The molecule has 3 unspecified atom stereocenters. The van der Waals surface area contributed by atoms with E-state index in [0.29, 0.717) is 23.2 Å². The molecule has 0 radical (unpaired) electrons. The van der Waals surface area contributed by atoms with Crippen LogP contribution in [-0.4, -0.2) is 55.8 Å². The van der Waals surface area contributed by atoms with E-state index in [1.807, 2.05) is 0 Å². The van der Waals surface area contributed by atoms with Gasteiger partial charge in [0.1, 0.15) is 5.75 Å². The van der Waals surface area contributed by atoms with Gasteiger partial charge in [-0.3, -0.25) is 9.69 Å². The molecule has 1 amide bonds. The zero-order valence-corrected chi connectivity index (χ0v) is 20.5. The van der Waals surface area contributed by atoms with Crippen molar-refractivity contribution in [1.82, 2.24) is 10.2 Å². The van der Waals surface area contributed by atoms with Gasteiger partial charge in [-0.05, 0) is 98.5 Å². The lowest BCUT2D eigenvalue weighted by Crippen LogP contribution is -2.64. The fraction of sp³-hybridized carbons (Fsp3) is 0.536. The third kappa shape index (κ3) is 4.02. The summed E-state index contributed by atoms with van der Waals surface area (Å²) < 4.78 is 12.3. The molecule has 0 aromatic heterocycles. The van der Waals surface area contributed by atoms with Crippen molar-refractivity contribution in [3.8, 4) is 5.75 Å². The number of benzene rings is 2. The van der Waals surface area contributed by atoms with Gasteiger partial charge in [0, 0.05) is 41.2 Å². The number of nitrogens with zero attached hydrogens (tertiary/aromatic N) is 1. The number of carbonyl (C=O) groups is 1. The quantitative estimate of drug-likeness (QED) is 0.679. The van der Waals surface area contributed by atoms with Crippen LogP contribution >= 0.6 is 11.6 Å². The van der Waals surface area contributed by atoms with Crippen molar-refractivity contribution in [2.24, 2.45) is 5.92 Å². The van der Waals surface area contributed by atoms with Gasteiger partial charge in [-0.25, -0.2) is 0 Å². The molecular formula is C28H33ClN2O3. The van der Waals surface area contributed by atoms with E-state index >= 15 is 0 Å². The summed E-state index contributed by atoms with van der Waals surface area (Å²) in [5.41, 5.74) is 3.32. The summed E-state index contributed by atoms with van der Waals surface area (Å²) >= 11 is 6.02. The SMILES string of the molecule is COc1ccc2c(c1)C13CCN(CC4CC4)[C@H](C2)C1OCCC(NC(=O)c1ccc(Cl)cc1)C3. The normalized spacial score (nSPS) is 30.6. The third-order valence-electron chi connectivity index (χ3n) is 8.50. The van der Waals surface area contributed by atoms with Crippen molar-refractivity contribution in [1.29, 1.82) is 0 Å². The van der Waals surface area contributed by atoms with E-state index in [2.05, 4.69) is 28.4 Å². The fourth-order valence-electron chi connectivity index (χ4n) is 6.61. The molecule has 2 aliphatic carbocycles. The van der Waals surface area contributed by atoms with Gasteiger partial charge in [0.25, 0.3) is 5.91 Å². The van der Waals surface area contributed by atoms with Crippen molar-refractivity contribution in [3.63, 3.8) is 0 Å². The molecule has 34 heavy (non-hydrogen) atoms. The van der Waals surface area contributed by atoms with Crippen molar-refractivity contribution in [2.75, 3.05) is 26.8 Å². The van der Waals surface area contributed by atoms with Crippen LogP contribution in [0.1, 0.15) is 53.6 Å². The number of fused-ring (bicyclic) bond motifs is 1. The minimum atomic E-state index is -0.110. The minimum absolute atomic E-state index is 0.0408. The maximum Gasteiger partial charge on any atom is 0.251 e. The molecule has 6 heteroatoms. The van der Waals surface area contributed by atoms with Gasteiger partial charge in [0.2, 0.25) is 0 Å². The number of halogens is 1. The maximum absolute atomic E-state index is 13.1. The summed E-state index contributed by atoms with van der Waals surface area (Å²) in [6, 6.07) is 14.2. The Morgan fingerprint density at radius 3 is 2.79 bits per heavy atom. The van der Waals surface area contributed by atoms with Gasteiger partial charge in [-0.15, -0.1) is 0 Å². The first-order valence-electron chi connectivity index (χ1n) is 12.7. The highest BCUT2D eigenvalue weighted by Crippen LogP contribution is 2.52. The number of hydrogen-bond donors (Lipinski definition) is 1. The molecule has 5 nitrogen and oxygen atoms in total. The molecule has 1 N–H and O–H groups in total. The Kier molecular flexibility index (Phi) is 5.83. The predicted molar refractivity (Wildman–Crippen MR) is 133 cm³/mol. The first kappa shape index (κ1) is 22.4. The van der Waals surface area contributed by atoms with E-state index in [-0.39, 0.29) is 23.5 Å². The van der Waals surface area contributed by atoms with E-state index in [1.165, 1.54) is 30.5 Å². The molecule has 2 aromatic rings. The first-order chi connectivity index (χ1) is 16.6. The summed E-state index contributed by atoms with van der Waals surface area (Å²) in [7, 11) is 1.74. The second-order valence-corrected chi connectivity index (χ2v) is 11.0. The van der Waals surface area contributed by atoms with Crippen molar-refractivity contribution in [2.45, 2.75) is 62.1 Å². The summed E-state index contributed by atoms with van der Waals surface area (Å²) in [6.45, 7) is 2.96. The zero-order chi connectivity index (χ0) is 23.3. The summed E-state index contributed by atoms with van der Waals surface area (Å²) in [5.74, 6) is 1.72. The molecule has 2 heterocycles. The van der Waals surface area contributed by atoms with Crippen LogP contribution in [0.4, 0.5) is 0 Å². The summed E-state index contributed by atoms with van der Waals surface area (Å²) in [4.78, 5) is 15.8. The second-order valence-electron chi connectivity index (χ2n) is 10.6. The smallest absolute Gasteiger partial charge is 0.251 e. The van der Waals surface area contributed by atoms with Crippen LogP contribution in [0, 0.1) is 5.92 Å². The lowest BCUT2D eigenvalue weighted by molar-refractivity contribution is -0.0925. The highest BCUT2D eigenvalue weighted by molar-refractivity contribution is 6.30. The predicted octanol–water partition coefficient (Wildman–Crippen LogP) is 4.60. The average Bonchev–Trinajstić information content (AvgIpc) is 3.67. The van der Waals surface area contributed by atoms with Gasteiger partial charge < -0.3 is 14.8 Å². The molecular weight excluding hydrogens is 448 g/mol. The third-order valence-corrected chi connectivity index (χ3v) is 8.75. The standard InChI is InChI=1S/C28H33ClN2O3/c1-33-23-9-6-20-14-25-26-28(24(20)15-23,11-12-31(25)17-18-2-3-18)16-22(10-13-34-26)30-27(32)19-4-7-21(29)8-5-19/h4-9,15,18,22,25-26H,2-3,10-14,16-17H2,1H3,(H,30,32)/t22?,25-,26?,28?/m1/s1. The summed E-state index contributed by atoms with van der Waals surface area (Å²) in [6.07, 6.45) is 6.68. The van der Waals surface area contributed by atoms with E-state index < -0.39 is 0 Å². The van der Waals surface area contributed by atoms with E-state index in [9.17, 15) is 4.79 Å². The molecule has 180 valence electrons. The zero-order valence-electron chi connectivity index (χ0n) is 19.8. The number of piperidine rings is 1. The molecule has 2 saturated heterocycles. The Balaban J connectivity index is 1.33. The van der Waals surface area contributed by atoms with Gasteiger partial charge in [-0.1, -0.05) is 17.7 Å². The fourth-order valence-corrected chi connectivity index (χ4v) is 6.74. The monoisotopic (exact) mass is 480 g/mol. The molecule has 2 aromatic carbocycles. The van der Waals surface area contributed by atoms with Gasteiger partial charge in [-0.2, -0.15) is 0 Å². The highest BCUT2D eigenvalue weighted by Gasteiger charge is 2.56. The summed E-state index contributed by atoms with van der Waals surface area (Å²) in [5, 5.41) is 3.97. The lowest BCUT2D eigenvalue weighted by Gasteiger charge is -2.56. The molecule has 6 rings (SSSR count). The maximum atomic E-state index is 13.1. The highest BCUT2D eigenvalue weighted by atomic mass is 35.5. The van der Waals surface area contributed by atoms with Gasteiger partial charge in [0.05, 0.1) is 13.2 Å². The molecule has 1 saturated carbocycles. The Morgan fingerprint density at radius 1 is 1.21 bits per heavy atom. The lowest BCUT2D eigenvalue weighted by atomic mass is 9.59. The van der Waals surface area contributed by atoms with Gasteiger partial charge in [0.15, 0.2) is 0 Å². The Labute approximate surface area is 206 Å². The molecule has 4 aliphatic rings. The van der Waals surface area contributed by atoms with Crippen LogP contribution < -0.4 is 10.1 Å². The van der Waals surface area contributed by atoms with E-state index in [1.54, 1.807) is 31.4 Å². The van der Waals surface area contributed by atoms with Crippen LogP contribution in [0.2, 0.25) is 5.02 Å². The number of rotatable bonds is 5. The average molecular weight is 481 g/mol. The molecule has 2 aliphatic heterocycles. The number of ether oxygens (including phenoxy) is 2. The number of amides is 1. The Hall–Kier alpha value is -2.08. The van der Waals surface area contributed by atoms with Crippen molar-refractivity contribution in [3.05, 3.63) is 64.2 Å². The molecule has 0 spiro atoms. The Bertz CT molecular complexity index is 1070.